The van der Waals surface area contributed by atoms with Gasteiger partial charge in [-0.15, -0.1) is 0 Å². The summed E-state index contributed by atoms with van der Waals surface area (Å²) in [5.74, 6) is 0.697. The number of rotatable bonds is 4. The standard InChI is InChI=1S/C15H18N4O/c1-2-20-11-19-8-6-12-9-17-15(18-14(12)10-19)13-5-3-4-7-16-13/h3-5,7,9H,2,6,8,10-11H2,1H3. The predicted molar refractivity (Wildman–Crippen MR) is 75.9 cm³/mol. The molecule has 2 aromatic heterocycles. The van der Waals surface area contributed by atoms with Gasteiger partial charge in [-0.1, -0.05) is 6.07 Å². The molecule has 20 heavy (non-hydrogen) atoms. The number of pyridine rings is 1. The molecular formula is C15H18N4O. The van der Waals surface area contributed by atoms with Crippen molar-refractivity contribution in [1.82, 2.24) is 19.9 Å². The van der Waals surface area contributed by atoms with Crippen LogP contribution in [0, 0.1) is 0 Å². The molecule has 5 nitrogen and oxygen atoms in total. The summed E-state index contributed by atoms with van der Waals surface area (Å²) in [4.78, 5) is 15.7. The molecule has 1 aliphatic heterocycles. The van der Waals surface area contributed by atoms with Gasteiger partial charge >= 0.3 is 0 Å². The summed E-state index contributed by atoms with van der Waals surface area (Å²) in [6.45, 7) is 5.24. The van der Waals surface area contributed by atoms with Crippen LogP contribution in [0.4, 0.5) is 0 Å². The largest absolute Gasteiger partial charge is 0.366 e. The molecule has 0 N–H and O–H groups in total. The fourth-order valence-corrected chi connectivity index (χ4v) is 2.31. The molecular weight excluding hydrogens is 252 g/mol. The summed E-state index contributed by atoms with van der Waals surface area (Å²) in [6.07, 6.45) is 4.68. The second-order valence-corrected chi connectivity index (χ2v) is 4.80. The third kappa shape index (κ3) is 2.84. The van der Waals surface area contributed by atoms with Crippen LogP contribution >= 0.6 is 0 Å². The molecule has 0 spiro atoms. The molecule has 3 rings (SSSR count). The summed E-state index contributed by atoms with van der Waals surface area (Å²) >= 11 is 0. The predicted octanol–water partition coefficient (Wildman–Crippen LogP) is 1.89. The monoisotopic (exact) mass is 270 g/mol. The third-order valence-electron chi connectivity index (χ3n) is 3.40. The Morgan fingerprint density at radius 2 is 2.25 bits per heavy atom. The molecule has 0 aromatic carbocycles. The number of fused-ring (bicyclic) bond motifs is 1. The molecule has 3 heterocycles. The lowest BCUT2D eigenvalue weighted by Gasteiger charge is -2.27. The van der Waals surface area contributed by atoms with Crippen molar-refractivity contribution in [2.24, 2.45) is 0 Å². The fraction of sp³-hybridized carbons (Fsp3) is 0.400. The molecule has 0 unspecified atom stereocenters. The highest BCUT2D eigenvalue weighted by Gasteiger charge is 2.18. The van der Waals surface area contributed by atoms with E-state index < -0.39 is 0 Å². The Balaban J connectivity index is 1.82. The van der Waals surface area contributed by atoms with E-state index in [1.165, 1.54) is 5.56 Å². The molecule has 0 aliphatic carbocycles. The van der Waals surface area contributed by atoms with Crippen LogP contribution in [0.5, 0.6) is 0 Å². The lowest BCUT2D eigenvalue weighted by molar-refractivity contribution is 0.0270. The SMILES string of the molecule is CCOCN1CCc2cnc(-c3ccccn3)nc2C1. The average Bonchev–Trinajstić information content (AvgIpc) is 2.53. The number of nitrogens with zero attached hydrogens (tertiary/aromatic N) is 4. The zero-order valence-corrected chi connectivity index (χ0v) is 11.6. The quantitative estimate of drug-likeness (QED) is 0.849. The summed E-state index contributed by atoms with van der Waals surface area (Å²) in [5, 5.41) is 0. The Morgan fingerprint density at radius 3 is 3.05 bits per heavy atom. The van der Waals surface area contributed by atoms with E-state index in [2.05, 4.69) is 19.9 Å². The van der Waals surface area contributed by atoms with Gasteiger partial charge in [0.15, 0.2) is 5.82 Å². The molecule has 0 saturated heterocycles. The van der Waals surface area contributed by atoms with Crippen molar-refractivity contribution in [1.29, 1.82) is 0 Å². The molecule has 0 saturated carbocycles. The van der Waals surface area contributed by atoms with Crippen LogP contribution in [0.1, 0.15) is 18.2 Å². The number of hydrogen-bond donors (Lipinski definition) is 0. The zero-order chi connectivity index (χ0) is 13.8. The van der Waals surface area contributed by atoms with Gasteiger partial charge in [-0.2, -0.15) is 0 Å². The maximum absolute atomic E-state index is 5.47. The number of ether oxygens (including phenoxy) is 1. The Bertz CT molecular complexity index is 573. The first-order valence-corrected chi connectivity index (χ1v) is 6.93. The van der Waals surface area contributed by atoms with E-state index in [0.29, 0.717) is 12.6 Å². The summed E-state index contributed by atoms with van der Waals surface area (Å²) in [7, 11) is 0. The smallest absolute Gasteiger partial charge is 0.178 e. The van der Waals surface area contributed by atoms with E-state index in [-0.39, 0.29) is 0 Å². The molecule has 104 valence electrons. The van der Waals surface area contributed by atoms with Gasteiger partial charge in [-0.05, 0) is 31.0 Å². The second-order valence-electron chi connectivity index (χ2n) is 4.80. The highest BCUT2D eigenvalue weighted by Crippen LogP contribution is 2.19. The van der Waals surface area contributed by atoms with E-state index in [0.717, 1.165) is 37.5 Å². The second kappa shape index (κ2) is 6.07. The molecule has 1 aliphatic rings. The van der Waals surface area contributed by atoms with Crippen molar-refractivity contribution < 1.29 is 4.74 Å². The lowest BCUT2D eigenvalue weighted by atomic mass is 10.1. The van der Waals surface area contributed by atoms with Crippen LogP contribution in [-0.4, -0.2) is 39.7 Å². The number of hydrogen-bond acceptors (Lipinski definition) is 5. The molecule has 5 heteroatoms. The van der Waals surface area contributed by atoms with Crippen LogP contribution in [0.3, 0.4) is 0 Å². The van der Waals surface area contributed by atoms with Gasteiger partial charge in [-0.3, -0.25) is 9.88 Å². The van der Waals surface area contributed by atoms with Gasteiger partial charge in [0.05, 0.1) is 12.4 Å². The minimum Gasteiger partial charge on any atom is -0.366 e. The molecule has 0 fully saturated rings. The zero-order valence-electron chi connectivity index (χ0n) is 11.6. The van der Waals surface area contributed by atoms with Crippen molar-refractivity contribution in [2.75, 3.05) is 19.9 Å². The first-order chi connectivity index (χ1) is 9.86. The van der Waals surface area contributed by atoms with Crippen LogP contribution in [0.25, 0.3) is 11.5 Å². The summed E-state index contributed by atoms with van der Waals surface area (Å²) in [6, 6.07) is 5.78. The van der Waals surface area contributed by atoms with Crippen LogP contribution in [-0.2, 0) is 17.7 Å². The number of aromatic nitrogens is 3. The average molecular weight is 270 g/mol. The van der Waals surface area contributed by atoms with Crippen molar-refractivity contribution in [3.63, 3.8) is 0 Å². The highest BCUT2D eigenvalue weighted by atomic mass is 16.5. The van der Waals surface area contributed by atoms with E-state index in [1.807, 2.05) is 31.3 Å². The molecule has 0 bridgehead atoms. The van der Waals surface area contributed by atoms with Crippen LogP contribution in [0.2, 0.25) is 0 Å². The van der Waals surface area contributed by atoms with Gasteiger partial charge in [0.25, 0.3) is 0 Å². The minimum atomic E-state index is 0.666. The molecule has 2 aromatic rings. The van der Waals surface area contributed by atoms with Gasteiger partial charge in [0.1, 0.15) is 5.69 Å². The highest BCUT2D eigenvalue weighted by molar-refractivity contribution is 5.49. The Hall–Kier alpha value is -1.85. The first kappa shape index (κ1) is 13.1. The van der Waals surface area contributed by atoms with Gasteiger partial charge in [0.2, 0.25) is 0 Å². The Kier molecular flexibility index (Phi) is 3.99. The van der Waals surface area contributed by atoms with Crippen LogP contribution in [0.15, 0.2) is 30.6 Å². The molecule has 0 radical (unpaired) electrons. The fourth-order valence-electron chi connectivity index (χ4n) is 2.31. The van der Waals surface area contributed by atoms with E-state index in [9.17, 15) is 0 Å². The lowest BCUT2D eigenvalue weighted by Crippen LogP contribution is -2.33. The van der Waals surface area contributed by atoms with Crippen molar-refractivity contribution in [3.05, 3.63) is 41.9 Å². The molecule has 0 atom stereocenters. The molecule has 0 amide bonds. The van der Waals surface area contributed by atoms with E-state index in [4.69, 9.17) is 4.74 Å². The Morgan fingerprint density at radius 1 is 1.30 bits per heavy atom. The maximum Gasteiger partial charge on any atom is 0.178 e. The van der Waals surface area contributed by atoms with E-state index in [1.54, 1.807) is 6.20 Å². The van der Waals surface area contributed by atoms with Crippen molar-refractivity contribution in [2.45, 2.75) is 19.9 Å². The van der Waals surface area contributed by atoms with Crippen LogP contribution < -0.4 is 0 Å². The third-order valence-corrected chi connectivity index (χ3v) is 3.40. The van der Waals surface area contributed by atoms with E-state index >= 15 is 0 Å². The Labute approximate surface area is 118 Å². The summed E-state index contributed by atoms with van der Waals surface area (Å²) < 4.78 is 5.47. The maximum atomic E-state index is 5.47. The van der Waals surface area contributed by atoms with Gasteiger partial charge in [-0.25, -0.2) is 9.97 Å². The topological polar surface area (TPSA) is 51.1 Å². The summed E-state index contributed by atoms with van der Waals surface area (Å²) in [5.41, 5.74) is 3.14. The normalized spacial score (nSPS) is 15.1. The minimum absolute atomic E-state index is 0.666. The van der Waals surface area contributed by atoms with Gasteiger partial charge in [0, 0.05) is 32.1 Å². The van der Waals surface area contributed by atoms with Gasteiger partial charge < -0.3 is 4.74 Å². The first-order valence-electron chi connectivity index (χ1n) is 6.93. The van der Waals surface area contributed by atoms with Crippen molar-refractivity contribution >= 4 is 0 Å². The van der Waals surface area contributed by atoms with Crippen molar-refractivity contribution in [3.8, 4) is 11.5 Å².